The third kappa shape index (κ3) is 8.58. The molecule has 5 N–H and O–H groups in total. The Kier molecular flexibility index (Phi) is 11.2. The van der Waals surface area contributed by atoms with E-state index in [-0.39, 0.29) is 64.9 Å². The number of likely N-dealkylation sites (tertiary alicyclic amines) is 1. The smallest absolute Gasteiger partial charge is 0.371 e. The van der Waals surface area contributed by atoms with Crippen LogP contribution in [0.2, 0.25) is 10.0 Å². The zero-order valence-electron chi connectivity index (χ0n) is 25.4. The number of amidine groups is 1. The highest BCUT2D eigenvalue weighted by molar-refractivity contribution is 6.44. The minimum Gasteiger partial charge on any atom is -0.484 e. The summed E-state index contributed by atoms with van der Waals surface area (Å²) in [6.07, 6.45) is 2.23. The number of hydrogen-bond donors (Lipinski definition) is 4. The molecular formula is C31H38Cl2N6O6. The lowest BCUT2D eigenvalue weighted by Gasteiger charge is -2.32. The number of aromatic nitrogens is 2. The molecule has 14 heteroatoms. The quantitative estimate of drug-likeness (QED) is 0.145. The van der Waals surface area contributed by atoms with Crippen LogP contribution in [0.25, 0.3) is 11.3 Å². The normalized spacial score (nSPS) is 14.4. The zero-order valence-corrected chi connectivity index (χ0v) is 27.0. The summed E-state index contributed by atoms with van der Waals surface area (Å²) in [5, 5.41) is 24.5. The lowest BCUT2D eigenvalue weighted by Crippen LogP contribution is -2.45. The summed E-state index contributed by atoms with van der Waals surface area (Å²) in [5.41, 5.74) is 7.81. The Bertz CT molecular complexity index is 1560. The fraction of sp³-hybridized carbons (Fsp3) is 0.452. The summed E-state index contributed by atoms with van der Waals surface area (Å²) in [6.45, 7) is 4.99. The number of nitrogens with two attached hydrogens (primary N) is 1. The first-order valence-corrected chi connectivity index (χ1v) is 15.4. The van der Waals surface area contributed by atoms with E-state index in [0.717, 1.165) is 18.5 Å². The molecule has 2 amide bonds. The van der Waals surface area contributed by atoms with Crippen molar-refractivity contribution in [3.05, 3.63) is 57.6 Å². The highest BCUT2D eigenvalue weighted by Gasteiger charge is 2.28. The number of furan rings is 1. The number of nitrogens with one attached hydrogen (secondary N) is 2. The number of piperidine rings is 1. The summed E-state index contributed by atoms with van der Waals surface area (Å²) in [6, 6.07) is 8.27. The van der Waals surface area contributed by atoms with Crippen molar-refractivity contribution in [1.29, 1.82) is 5.41 Å². The van der Waals surface area contributed by atoms with Gasteiger partial charge in [0.15, 0.2) is 0 Å². The summed E-state index contributed by atoms with van der Waals surface area (Å²) in [7, 11) is 1.86. The first-order valence-electron chi connectivity index (χ1n) is 14.7. The van der Waals surface area contributed by atoms with Gasteiger partial charge in [0, 0.05) is 49.7 Å². The molecule has 242 valence electrons. The molecule has 0 radical (unpaired) electrons. The van der Waals surface area contributed by atoms with Crippen molar-refractivity contribution in [1.82, 2.24) is 20.0 Å². The standard InChI is InChI=1S/C31H38Cl2N6O6/c1-17(2)12-19(13-26(34)35)30(41)36-15-27(40)39-10-8-18(9-11-39)23-14-22(37-38(23)3)21-5-7-24(29(33)28(21)32)44-16-20-4-6-25(45-20)31(42)43/h4-7,14,17-19H,8-13,15-16H2,1-3H3,(H3,34,35)(H,36,41)(H,42,43)/t19-/m0/s1. The zero-order chi connectivity index (χ0) is 32.8. The van der Waals surface area contributed by atoms with Gasteiger partial charge >= 0.3 is 5.97 Å². The summed E-state index contributed by atoms with van der Waals surface area (Å²) >= 11 is 13.2. The molecule has 4 rings (SSSR count). The molecule has 12 nitrogen and oxygen atoms in total. The van der Waals surface area contributed by atoms with Gasteiger partial charge in [-0.1, -0.05) is 37.0 Å². The van der Waals surface area contributed by atoms with E-state index in [1.165, 1.54) is 12.1 Å². The number of carboxylic acid groups (broad SMARTS) is 1. The number of ether oxygens (including phenoxy) is 1. The molecule has 1 fully saturated rings. The van der Waals surface area contributed by atoms with Crippen LogP contribution in [0.3, 0.4) is 0 Å². The number of rotatable bonds is 13. The van der Waals surface area contributed by atoms with E-state index in [1.54, 1.807) is 17.0 Å². The maximum Gasteiger partial charge on any atom is 0.371 e. The number of carbonyl (C=O) groups excluding carboxylic acids is 2. The van der Waals surface area contributed by atoms with Gasteiger partial charge in [-0.15, -0.1) is 0 Å². The molecule has 1 saturated heterocycles. The number of nitrogens with zero attached hydrogens (tertiary/aromatic N) is 3. The largest absolute Gasteiger partial charge is 0.484 e. The molecule has 0 bridgehead atoms. The van der Waals surface area contributed by atoms with Gasteiger partial charge in [-0.05, 0) is 55.5 Å². The Morgan fingerprint density at radius 3 is 2.51 bits per heavy atom. The molecule has 1 aromatic carbocycles. The Morgan fingerprint density at radius 2 is 1.89 bits per heavy atom. The van der Waals surface area contributed by atoms with E-state index >= 15 is 0 Å². The Hall–Kier alpha value is -4.03. The van der Waals surface area contributed by atoms with Crippen LogP contribution in [0, 0.1) is 17.2 Å². The molecule has 0 aliphatic carbocycles. The van der Waals surface area contributed by atoms with Crippen molar-refractivity contribution in [2.75, 3.05) is 19.6 Å². The topological polar surface area (TPSA) is 177 Å². The first-order chi connectivity index (χ1) is 21.3. The Morgan fingerprint density at radius 1 is 1.18 bits per heavy atom. The van der Waals surface area contributed by atoms with Gasteiger partial charge < -0.3 is 30.2 Å². The van der Waals surface area contributed by atoms with Gasteiger partial charge in [0.05, 0.1) is 23.1 Å². The van der Waals surface area contributed by atoms with Gasteiger partial charge in [0.1, 0.15) is 23.1 Å². The van der Waals surface area contributed by atoms with Crippen molar-refractivity contribution in [3.63, 3.8) is 0 Å². The van der Waals surface area contributed by atoms with Crippen molar-refractivity contribution < 1.29 is 28.6 Å². The van der Waals surface area contributed by atoms with Crippen LogP contribution in [0.1, 0.15) is 67.5 Å². The molecule has 1 atom stereocenters. The van der Waals surface area contributed by atoms with Crippen LogP contribution in [0.5, 0.6) is 5.75 Å². The number of halogens is 2. The SMILES string of the molecule is CC(C)C[C@@H](CC(=N)N)C(=O)NCC(=O)N1CCC(c2cc(-c3ccc(OCc4ccc(C(=O)O)o4)c(Cl)c3Cl)nn2C)CC1. The number of carbonyl (C=O) groups is 3. The van der Waals surface area contributed by atoms with Crippen molar-refractivity contribution >= 4 is 46.8 Å². The average molecular weight is 662 g/mol. The van der Waals surface area contributed by atoms with E-state index in [2.05, 4.69) is 10.4 Å². The van der Waals surface area contributed by atoms with E-state index < -0.39 is 11.9 Å². The molecule has 0 spiro atoms. The summed E-state index contributed by atoms with van der Waals surface area (Å²) < 4.78 is 12.7. The predicted octanol–water partition coefficient (Wildman–Crippen LogP) is 5.07. The third-order valence-corrected chi connectivity index (χ3v) is 8.62. The van der Waals surface area contributed by atoms with Crippen LogP contribution in [0.4, 0.5) is 0 Å². The van der Waals surface area contributed by atoms with E-state index in [1.807, 2.05) is 31.6 Å². The number of aryl methyl sites for hydroxylation is 1. The van der Waals surface area contributed by atoms with Crippen LogP contribution in [-0.4, -0.2) is 63.0 Å². The van der Waals surface area contributed by atoms with Gasteiger partial charge in [-0.25, -0.2) is 4.79 Å². The van der Waals surface area contributed by atoms with Crippen LogP contribution < -0.4 is 15.8 Å². The number of aromatic carboxylic acids is 1. The number of hydrogen-bond acceptors (Lipinski definition) is 7. The monoisotopic (exact) mass is 660 g/mol. The molecular weight excluding hydrogens is 623 g/mol. The number of amides is 2. The third-order valence-electron chi connectivity index (χ3n) is 7.75. The predicted molar refractivity (Wildman–Crippen MR) is 170 cm³/mol. The van der Waals surface area contributed by atoms with E-state index in [4.69, 9.17) is 48.6 Å². The highest BCUT2D eigenvalue weighted by atomic mass is 35.5. The first kappa shape index (κ1) is 33.9. The highest BCUT2D eigenvalue weighted by Crippen LogP contribution is 2.40. The second-order valence-corrected chi connectivity index (χ2v) is 12.4. The molecule has 1 aliphatic heterocycles. The second-order valence-electron chi connectivity index (χ2n) is 11.6. The molecule has 45 heavy (non-hydrogen) atoms. The summed E-state index contributed by atoms with van der Waals surface area (Å²) in [5.74, 6) is -1.14. The van der Waals surface area contributed by atoms with E-state index in [9.17, 15) is 14.4 Å². The van der Waals surface area contributed by atoms with Crippen LogP contribution in [0.15, 0.2) is 34.7 Å². The van der Waals surface area contributed by atoms with Gasteiger partial charge in [-0.2, -0.15) is 5.10 Å². The fourth-order valence-electron chi connectivity index (χ4n) is 5.52. The van der Waals surface area contributed by atoms with E-state index in [0.29, 0.717) is 42.3 Å². The van der Waals surface area contributed by atoms with Gasteiger partial charge in [0.2, 0.25) is 17.6 Å². The lowest BCUT2D eigenvalue weighted by atomic mass is 9.92. The molecule has 0 saturated carbocycles. The molecule has 0 unspecified atom stereocenters. The molecule has 3 aromatic rings. The van der Waals surface area contributed by atoms with Crippen molar-refractivity contribution in [2.45, 2.75) is 52.1 Å². The molecule has 1 aliphatic rings. The van der Waals surface area contributed by atoms with Crippen molar-refractivity contribution in [3.8, 4) is 17.0 Å². The number of benzene rings is 1. The van der Waals surface area contributed by atoms with Crippen LogP contribution in [-0.2, 0) is 23.2 Å². The Balaban J connectivity index is 1.34. The maximum absolute atomic E-state index is 12.9. The fourth-order valence-corrected chi connectivity index (χ4v) is 5.99. The summed E-state index contributed by atoms with van der Waals surface area (Å²) in [4.78, 5) is 38.3. The van der Waals surface area contributed by atoms with Gasteiger partial charge in [0.25, 0.3) is 0 Å². The number of carboxylic acids is 1. The minimum atomic E-state index is -1.17. The molecule has 2 aromatic heterocycles. The molecule has 3 heterocycles. The minimum absolute atomic E-state index is 0.0253. The lowest BCUT2D eigenvalue weighted by molar-refractivity contribution is -0.134. The average Bonchev–Trinajstić information content (AvgIpc) is 3.63. The van der Waals surface area contributed by atoms with Crippen molar-refractivity contribution in [2.24, 2.45) is 24.6 Å². The Labute approximate surface area is 271 Å². The van der Waals surface area contributed by atoms with Crippen LogP contribution >= 0.6 is 23.2 Å². The van der Waals surface area contributed by atoms with Gasteiger partial charge in [-0.3, -0.25) is 19.7 Å². The second kappa shape index (κ2) is 14.8. The maximum atomic E-state index is 12.9.